The summed E-state index contributed by atoms with van der Waals surface area (Å²) in [6.07, 6.45) is 1.31. The smallest absolute Gasteiger partial charge is 0.256 e. The molecule has 0 aliphatic carbocycles. The Morgan fingerprint density at radius 1 is 1.60 bits per heavy atom. The molecule has 2 rings (SSSR count). The Bertz CT molecular complexity index is 548. The first kappa shape index (κ1) is 15.0. The maximum absolute atomic E-state index is 13.8. The van der Waals surface area contributed by atoms with E-state index in [0.717, 1.165) is 6.42 Å². The van der Waals surface area contributed by atoms with Crippen molar-refractivity contribution in [3.8, 4) is 0 Å². The van der Waals surface area contributed by atoms with Gasteiger partial charge in [-0.05, 0) is 24.6 Å². The second kappa shape index (κ2) is 6.35. The Hall–Kier alpha value is -1.43. The Morgan fingerprint density at radius 3 is 3.00 bits per heavy atom. The number of oxime groups is 1. The lowest BCUT2D eigenvalue weighted by Crippen LogP contribution is -2.44. The van der Waals surface area contributed by atoms with Crippen molar-refractivity contribution in [3.05, 3.63) is 34.1 Å². The highest BCUT2D eigenvalue weighted by molar-refractivity contribution is 9.10. The number of hydrogen-bond donors (Lipinski definition) is 1. The van der Waals surface area contributed by atoms with Crippen molar-refractivity contribution in [2.45, 2.75) is 19.8 Å². The normalized spacial score (nSPS) is 21.2. The van der Waals surface area contributed by atoms with Crippen LogP contribution >= 0.6 is 15.9 Å². The van der Waals surface area contributed by atoms with Crippen LogP contribution in [-0.4, -0.2) is 34.8 Å². The van der Waals surface area contributed by atoms with Crippen LogP contribution in [0.3, 0.4) is 0 Å². The molecule has 1 atom stereocenters. The fourth-order valence-corrected chi connectivity index (χ4v) is 2.79. The van der Waals surface area contributed by atoms with Crippen LogP contribution in [0.25, 0.3) is 0 Å². The summed E-state index contributed by atoms with van der Waals surface area (Å²) in [5.41, 5.74) is 0.782. The highest BCUT2D eigenvalue weighted by atomic mass is 79.9. The van der Waals surface area contributed by atoms with Crippen molar-refractivity contribution in [2.75, 3.05) is 13.1 Å². The van der Waals surface area contributed by atoms with Gasteiger partial charge in [-0.2, -0.15) is 0 Å². The number of rotatable bonds is 2. The predicted molar refractivity (Wildman–Crippen MR) is 77.6 cm³/mol. The lowest BCUT2D eigenvalue weighted by molar-refractivity contribution is 0.0724. The molecule has 1 aliphatic heterocycles. The van der Waals surface area contributed by atoms with Gasteiger partial charge in [0.2, 0.25) is 0 Å². The third-order valence-electron chi connectivity index (χ3n) is 3.62. The molecule has 0 bridgehead atoms. The van der Waals surface area contributed by atoms with Gasteiger partial charge in [0.15, 0.2) is 0 Å². The fourth-order valence-electron chi connectivity index (χ4n) is 2.43. The minimum absolute atomic E-state index is 0.0351. The van der Waals surface area contributed by atoms with E-state index in [9.17, 15) is 9.18 Å². The zero-order valence-electron chi connectivity index (χ0n) is 11.1. The average Bonchev–Trinajstić information content (AvgIpc) is 2.48. The van der Waals surface area contributed by atoms with Gasteiger partial charge in [-0.25, -0.2) is 4.39 Å². The van der Waals surface area contributed by atoms with Crippen LogP contribution in [-0.2, 0) is 0 Å². The Labute approximate surface area is 125 Å². The van der Waals surface area contributed by atoms with E-state index in [1.165, 1.54) is 12.1 Å². The molecule has 0 aromatic heterocycles. The number of amides is 1. The van der Waals surface area contributed by atoms with Gasteiger partial charge < -0.3 is 10.1 Å². The highest BCUT2D eigenvalue weighted by Gasteiger charge is 2.29. The summed E-state index contributed by atoms with van der Waals surface area (Å²) in [7, 11) is 0. The van der Waals surface area contributed by atoms with Gasteiger partial charge in [0.1, 0.15) is 5.82 Å². The molecule has 1 saturated heterocycles. The third-order valence-corrected chi connectivity index (χ3v) is 4.11. The third kappa shape index (κ3) is 3.00. The van der Waals surface area contributed by atoms with E-state index in [-0.39, 0.29) is 17.4 Å². The Balaban J connectivity index is 2.20. The summed E-state index contributed by atoms with van der Waals surface area (Å²) < 4.78 is 14.4. The number of carbonyl (C=O) groups is 1. The highest BCUT2D eigenvalue weighted by Crippen LogP contribution is 2.22. The lowest BCUT2D eigenvalue weighted by atomic mass is 9.93. The van der Waals surface area contributed by atoms with E-state index in [4.69, 9.17) is 5.21 Å². The van der Waals surface area contributed by atoms with E-state index in [2.05, 4.69) is 21.1 Å². The molecule has 4 nitrogen and oxygen atoms in total. The summed E-state index contributed by atoms with van der Waals surface area (Å²) in [6, 6.07) is 4.33. The van der Waals surface area contributed by atoms with Crippen molar-refractivity contribution in [1.82, 2.24) is 4.90 Å². The van der Waals surface area contributed by atoms with Gasteiger partial charge in [0, 0.05) is 29.9 Å². The molecule has 0 spiro atoms. The second-order valence-corrected chi connectivity index (χ2v) is 5.74. The summed E-state index contributed by atoms with van der Waals surface area (Å²) in [6.45, 7) is 2.88. The van der Waals surface area contributed by atoms with Gasteiger partial charge in [0.05, 0.1) is 11.3 Å². The Morgan fingerprint density at radius 2 is 2.35 bits per heavy atom. The SMILES string of the molecule is CCC1CN(C(=O)c2cc(Br)ccc2F)CC/C1=N\O. The average molecular weight is 343 g/mol. The van der Waals surface area contributed by atoms with Crippen molar-refractivity contribution < 1.29 is 14.4 Å². The fraction of sp³-hybridized carbons (Fsp3) is 0.429. The van der Waals surface area contributed by atoms with Crippen LogP contribution in [0.15, 0.2) is 27.8 Å². The van der Waals surface area contributed by atoms with Crippen LogP contribution in [0.1, 0.15) is 30.1 Å². The van der Waals surface area contributed by atoms with Crippen molar-refractivity contribution in [1.29, 1.82) is 0 Å². The van der Waals surface area contributed by atoms with Crippen molar-refractivity contribution >= 4 is 27.5 Å². The molecule has 1 fully saturated rings. The van der Waals surface area contributed by atoms with Crippen LogP contribution < -0.4 is 0 Å². The summed E-state index contributed by atoms with van der Waals surface area (Å²) in [5.74, 6) is -0.806. The first-order valence-electron chi connectivity index (χ1n) is 6.52. The molecule has 108 valence electrons. The lowest BCUT2D eigenvalue weighted by Gasteiger charge is -2.33. The molecule has 1 aromatic carbocycles. The quantitative estimate of drug-likeness (QED) is 0.662. The van der Waals surface area contributed by atoms with Gasteiger partial charge in [-0.3, -0.25) is 4.79 Å². The number of likely N-dealkylation sites (tertiary alicyclic amines) is 1. The number of hydrogen-bond acceptors (Lipinski definition) is 3. The molecule has 0 saturated carbocycles. The molecular weight excluding hydrogens is 327 g/mol. The van der Waals surface area contributed by atoms with E-state index < -0.39 is 5.82 Å². The maximum atomic E-state index is 13.8. The van der Waals surface area contributed by atoms with E-state index in [1.54, 1.807) is 11.0 Å². The number of halogens is 2. The second-order valence-electron chi connectivity index (χ2n) is 4.82. The minimum atomic E-state index is -0.520. The maximum Gasteiger partial charge on any atom is 0.256 e. The molecule has 6 heteroatoms. The zero-order valence-corrected chi connectivity index (χ0v) is 12.7. The van der Waals surface area contributed by atoms with Crippen LogP contribution in [0.5, 0.6) is 0 Å². The molecule has 1 N–H and O–H groups in total. The topological polar surface area (TPSA) is 52.9 Å². The van der Waals surface area contributed by atoms with Crippen LogP contribution in [0, 0.1) is 11.7 Å². The molecule has 1 amide bonds. The van der Waals surface area contributed by atoms with Gasteiger partial charge in [-0.15, -0.1) is 0 Å². The zero-order chi connectivity index (χ0) is 14.7. The monoisotopic (exact) mass is 342 g/mol. The van der Waals surface area contributed by atoms with E-state index >= 15 is 0 Å². The predicted octanol–water partition coefficient (Wildman–Crippen LogP) is 3.29. The van der Waals surface area contributed by atoms with Gasteiger partial charge >= 0.3 is 0 Å². The minimum Gasteiger partial charge on any atom is -0.411 e. The van der Waals surface area contributed by atoms with Gasteiger partial charge in [0.25, 0.3) is 5.91 Å². The van der Waals surface area contributed by atoms with E-state index in [0.29, 0.717) is 29.7 Å². The van der Waals surface area contributed by atoms with Crippen LogP contribution in [0.2, 0.25) is 0 Å². The molecule has 0 radical (unpaired) electrons. The van der Waals surface area contributed by atoms with E-state index in [1.807, 2.05) is 6.92 Å². The molecule has 1 heterocycles. The first-order valence-corrected chi connectivity index (χ1v) is 7.31. The van der Waals surface area contributed by atoms with Crippen molar-refractivity contribution in [3.63, 3.8) is 0 Å². The number of benzene rings is 1. The molecule has 1 unspecified atom stereocenters. The number of nitrogens with zero attached hydrogens (tertiary/aromatic N) is 2. The number of carbonyl (C=O) groups excluding carboxylic acids is 1. The largest absolute Gasteiger partial charge is 0.411 e. The van der Waals surface area contributed by atoms with Crippen LogP contribution in [0.4, 0.5) is 4.39 Å². The van der Waals surface area contributed by atoms with Crippen molar-refractivity contribution in [2.24, 2.45) is 11.1 Å². The van der Waals surface area contributed by atoms with Gasteiger partial charge in [-0.1, -0.05) is 28.0 Å². The molecule has 20 heavy (non-hydrogen) atoms. The molecular formula is C14H16BrFN2O2. The Kier molecular flexibility index (Phi) is 4.75. The summed E-state index contributed by atoms with van der Waals surface area (Å²) in [4.78, 5) is 14.0. The standard InChI is InChI=1S/C14H16BrFN2O2/c1-2-9-8-18(6-5-13(9)17-20)14(19)11-7-10(15)3-4-12(11)16/h3-4,7,9,20H,2,5-6,8H2,1H3/b17-13+. The summed E-state index contributed by atoms with van der Waals surface area (Å²) >= 11 is 3.25. The molecule has 1 aliphatic rings. The number of piperidine rings is 1. The first-order chi connectivity index (χ1) is 9.56. The molecule has 1 aromatic rings. The summed E-state index contributed by atoms with van der Waals surface area (Å²) in [5, 5.41) is 12.2.